The van der Waals surface area contributed by atoms with Gasteiger partial charge in [0, 0.05) is 19.1 Å². The van der Waals surface area contributed by atoms with E-state index in [4.69, 9.17) is 9.47 Å². The number of benzene rings is 1. The van der Waals surface area contributed by atoms with Crippen molar-refractivity contribution < 1.29 is 9.47 Å². The summed E-state index contributed by atoms with van der Waals surface area (Å²) in [5, 5.41) is 6.66. The van der Waals surface area contributed by atoms with Gasteiger partial charge >= 0.3 is 0 Å². The van der Waals surface area contributed by atoms with E-state index in [-0.39, 0.29) is 0 Å². The number of rotatable bonds is 6. The highest BCUT2D eigenvalue weighted by atomic mass is 16.7. The van der Waals surface area contributed by atoms with Crippen LogP contribution in [-0.4, -0.2) is 31.9 Å². The first-order valence-electron chi connectivity index (χ1n) is 7.66. The van der Waals surface area contributed by atoms with Crippen LogP contribution < -0.4 is 20.1 Å². The van der Waals surface area contributed by atoms with Gasteiger partial charge in [-0.05, 0) is 44.4 Å². The molecule has 0 fully saturated rings. The van der Waals surface area contributed by atoms with E-state index in [0.29, 0.717) is 12.8 Å². The molecule has 1 aliphatic heterocycles. The van der Waals surface area contributed by atoms with Crippen molar-refractivity contribution in [3.63, 3.8) is 0 Å². The van der Waals surface area contributed by atoms with Gasteiger partial charge in [0.1, 0.15) is 0 Å². The molecule has 5 heteroatoms. The number of nitrogens with zero attached hydrogens (tertiary/aromatic N) is 1. The molecular formula is C16H25N3O2. The normalized spacial score (nSPS) is 14.9. The molecular weight excluding hydrogens is 266 g/mol. The summed E-state index contributed by atoms with van der Waals surface area (Å²) < 4.78 is 10.7. The number of fused-ring (bicyclic) bond motifs is 1. The molecule has 1 aliphatic rings. The molecule has 1 aromatic carbocycles. The van der Waals surface area contributed by atoms with Gasteiger partial charge in [0.15, 0.2) is 17.5 Å². The number of aliphatic imine (C=N–C) groups is 1. The van der Waals surface area contributed by atoms with Crippen LogP contribution in [0.15, 0.2) is 23.2 Å². The molecule has 21 heavy (non-hydrogen) atoms. The molecule has 5 nitrogen and oxygen atoms in total. The van der Waals surface area contributed by atoms with Crippen molar-refractivity contribution in [1.29, 1.82) is 0 Å². The third-order valence-electron chi connectivity index (χ3n) is 3.45. The van der Waals surface area contributed by atoms with Gasteiger partial charge in [0.05, 0.1) is 0 Å². The Morgan fingerprint density at radius 2 is 2.10 bits per heavy atom. The molecule has 0 spiro atoms. The SMILES string of the molecule is CCNC(=NCCc1ccc2c(c1)OCO2)NC(C)CC. The highest BCUT2D eigenvalue weighted by molar-refractivity contribution is 5.80. The molecule has 0 saturated heterocycles. The van der Waals surface area contributed by atoms with Gasteiger partial charge in [-0.2, -0.15) is 0 Å². The lowest BCUT2D eigenvalue weighted by Gasteiger charge is -2.16. The summed E-state index contributed by atoms with van der Waals surface area (Å²) in [5.41, 5.74) is 1.21. The van der Waals surface area contributed by atoms with Crippen LogP contribution in [0.1, 0.15) is 32.8 Å². The van der Waals surface area contributed by atoms with Crippen molar-refractivity contribution in [3.8, 4) is 11.5 Å². The Hall–Kier alpha value is -1.91. The Balaban J connectivity index is 1.89. The molecule has 116 valence electrons. The minimum absolute atomic E-state index is 0.320. The monoisotopic (exact) mass is 291 g/mol. The number of hydrogen-bond acceptors (Lipinski definition) is 3. The zero-order valence-corrected chi connectivity index (χ0v) is 13.1. The minimum Gasteiger partial charge on any atom is -0.454 e. The zero-order valence-electron chi connectivity index (χ0n) is 13.1. The summed E-state index contributed by atoms with van der Waals surface area (Å²) in [7, 11) is 0. The van der Waals surface area contributed by atoms with Crippen molar-refractivity contribution in [3.05, 3.63) is 23.8 Å². The maximum Gasteiger partial charge on any atom is 0.231 e. The molecule has 1 heterocycles. The quantitative estimate of drug-likeness (QED) is 0.624. The lowest BCUT2D eigenvalue weighted by atomic mass is 10.1. The van der Waals surface area contributed by atoms with Crippen LogP contribution in [0, 0.1) is 0 Å². The summed E-state index contributed by atoms with van der Waals surface area (Å²) in [6.07, 6.45) is 1.96. The number of nitrogens with one attached hydrogen (secondary N) is 2. The van der Waals surface area contributed by atoms with Crippen molar-refractivity contribution in [1.82, 2.24) is 10.6 Å². The summed E-state index contributed by atoms with van der Waals surface area (Å²) in [4.78, 5) is 4.61. The number of hydrogen-bond donors (Lipinski definition) is 2. The van der Waals surface area contributed by atoms with Gasteiger partial charge in [-0.1, -0.05) is 13.0 Å². The topological polar surface area (TPSA) is 54.9 Å². The summed E-state index contributed by atoms with van der Waals surface area (Å²) in [5.74, 6) is 2.54. The standard InChI is InChI=1S/C16H25N3O2/c1-4-12(3)19-16(17-5-2)18-9-8-13-6-7-14-15(10-13)21-11-20-14/h6-7,10,12H,4-5,8-9,11H2,1-3H3,(H2,17,18,19). The first kappa shape index (κ1) is 15.5. The smallest absolute Gasteiger partial charge is 0.231 e. The third kappa shape index (κ3) is 4.55. The van der Waals surface area contributed by atoms with E-state index >= 15 is 0 Å². The highest BCUT2D eigenvalue weighted by Gasteiger charge is 2.12. The molecule has 0 radical (unpaired) electrons. The Labute approximate surface area is 126 Å². The summed E-state index contributed by atoms with van der Waals surface area (Å²) in [6.45, 7) is 8.32. The van der Waals surface area contributed by atoms with Crippen LogP contribution in [-0.2, 0) is 6.42 Å². The fourth-order valence-corrected chi connectivity index (χ4v) is 2.05. The average Bonchev–Trinajstić information content (AvgIpc) is 2.94. The van der Waals surface area contributed by atoms with Crippen molar-refractivity contribution in [2.75, 3.05) is 19.9 Å². The predicted molar refractivity (Wildman–Crippen MR) is 85.1 cm³/mol. The molecule has 0 amide bonds. The molecule has 0 aliphatic carbocycles. The molecule has 2 N–H and O–H groups in total. The van der Waals surface area contributed by atoms with E-state index in [1.54, 1.807) is 0 Å². The van der Waals surface area contributed by atoms with E-state index < -0.39 is 0 Å². The van der Waals surface area contributed by atoms with E-state index in [2.05, 4.69) is 42.5 Å². The number of ether oxygens (including phenoxy) is 2. The molecule has 0 saturated carbocycles. The lowest BCUT2D eigenvalue weighted by molar-refractivity contribution is 0.174. The molecule has 1 atom stereocenters. The van der Waals surface area contributed by atoms with E-state index in [1.807, 2.05) is 12.1 Å². The lowest BCUT2D eigenvalue weighted by Crippen LogP contribution is -2.42. The van der Waals surface area contributed by atoms with E-state index in [9.17, 15) is 0 Å². The van der Waals surface area contributed by atoms with E-state index in [1.165, 1.54) is 5.56 Å². The Bertz CT molecular complexity index is 488. The van der Waals surface area contributed by atoms with Gasteiger partial charge in [-0.15, -0.1) is 0 Å². The largest absolute Gasteiger partial charge is 0.454 e. The zero-order chi connectivity index (χ0) is 15.1. The van der Waals surface area contributed by atoms with Crippen molar-refractivity contribution in [2.24, 2.45) is 4.99 Å². The predicted octanol–water partition coefficient (Wildman–Crippen LogP) is 2.31. The Morgan fingerprint density at radius 1 is 1.29 bits per heavy atom. The van der Waals surface area contributed by atoms with Crippen LogP contribution in [0.3, 0.4) is 0 Å². The van der Waals surface area contributed by atoms with Crippen LogP contribution >= 0.6 is 0 Å². The van der Waals surface area contributed by atoms with Gasteiger partial charge in [-0.25, -0.2) is 0 Å². The van der Waals surface area contributed by atoms with Gasteiger partial charge in [0.2, 0.25) is 6.79 Å². The van der Waals surface area contributed by atoms with Crippen LogP contribution in [0.2, 0.25) is 0 Å². The average molecular weight is 291 g/mol. The fourth-order valence-electron chi connectivity index (χ4n) is 2.05. The fraction of sp³-hybridized carbons (Fsp3) is 0.562. The molecule has 0 bridgehead atoms. The molecule has 1 aromatic rings. The van der Waals surface area contributed by atoms with Gasteiger partial charge in [-0.3, -0.25) is 4.99 Å². The van der Waals surface area contributed by atoms with Crippen LogP contribution in [0.5, 0.6) is 11.5 Å². The molecule has 1 unspecified atom stereocenters. The second kappa shape index (κ2) is 7.76. The van der Waals surface area contributed by atoms with Crippen molar-refractivity contribution in [2.45, 2.75) is 39.7 Å². The highest BCUT2D eigenvalue weighted by Crippen LogP contribution is 2.32. The molecule has 0 aromatic heterocycles. The Morgan fingerprint density at radius 3 is 2.86 bits per heavy atom. The van der Waals surface area contributed by atoms with E-state index in [0.717, 1.165) is 43.4 Å². The maximum absolute atomic E-state index is 5.39. The Kier molecular flexibility index (Phi) is 5.72. The van der Waals surface area contributed by atoms with Crippen LogP contribution in [0.4, 0.5) is 0 Å². The minimum atomic E-state index is 0.320. The second-order valence-corrected chi connectivity index (χ2v) is 5.15. The summed E-state index contributed by atoms with van der Waals surface area (Å²) >= 11 is 0. The van der Waals surface area contributed by atoms with Gasteiger partial charge in [0.25, 0.3) is 0 Å². The second-order valence-electron chi connectivity index (χ2n) is 5.15. The first-order chi connectivity index (χ1) is 10.2. The van der Waals surface area contributed by atoms with Gasteiger partial charge < -0.3 is 20.1 Å². The maximum atomic E-state index is 5.39. The molecule has 2 rings (SSSR count). The van der Waals surface area contributed by atoms with Crippen LogP contribution in [0.25, 0.3) is 0 Å². The number of guanidine groups is 1. The summed E-state index contributed by atoms with van der Waals surface area (Å²) in [6, 6.07) is 6.49. The third-order valence-corrected chi connectivity index (χ3v) is 3.45. The van der Waals surface area contributed by atoms with Crippen molar-refractivity contribution >= 4 is 5.96 Å². The first-order valence-corrected chi connectivity index (χ1v) is 7.66.